The lowest BCUT2D eigenvalue weighted by molar-refractivity contribution is -0.126. The van der Waals surface area contributed by atoms with Gasteiger partial charge in [-0.25, -0.2) is 13.9 Å². The second kappa shape index (κ2) is 9.32. The number of aromatic nitrogens is 1. The van der Waals surface area contributed by atoms with Crippen LogP contribution in [0.25, 0.3) is 10.9 Å². The van der Waals surface area contributed by atoms with E-state index in [1.807, 2.05) is 26.0 Å². The summed E-state index contributed by atoms with van der Waals surface area (Å²) in [6.07, 6.45) is 0.578. The summed E-state index contributed by atoms with van der Waals surface area (Å²) < 4.78 is 26.3. The average Bonchev–Trinajstić information content (AvgIpc) is 3.08. The summed E-state index contributed by atoms with van der Waals surface area (Å²) in [5.74, 6) is -2.15. The Morgan fingerprint density at radius 2 is 1.81 bits per heavy atom. The number of nitrogens with zero attached hydrogens (tertiary/aromatic N) is 1. The molecule has 0 aliphatic heterocycles. The molecule has 0 aliphatic carbocycles. The van der Waals surface area contributed by atoms with E-state index in [2.05, 4.69) is 5.32 Å². The van der Waals surface area contributed by atoms with Crippen molar-refractivity contribution in [1.82, 2.24) is 15.4 Å². The monoisotopic (exact) mass is 477 g/mol. The smallest absolute Gasteiger partial charge is 0.268 e. The maximum atomic E-state index is 13.0. The molecule has 3 N–H and O–H groups in total. The normalized spacial score (nSPS) is 12.5. The zero-order valence-electron chi connectivity index (χ0n) is 17.8. The number of nitrogens with one attached hydrogen (secondary N) is 2. The van der Waals surface area contributed by atoms with Gasteiger partial charge in [-0.3, -0.25) is 14.8 Å². The molecule has 170 valence electrons. The van der Waals surface area contributed by atoms with E-state index in [9.17, 15) is 18.0 Å². The summed E-state index contributed by atoms with van der Waals surface area (Å²) in [5, 5.41) is 12.9. The Kier molecular flexibility index (Phi) is 6.92. The highest BCUT2D eigenvalue weighted by Crippen LogP contribution is 2.28. The Labute approximate surface area is 191 Å². The highest BCUT2D eigenvalue weighted by atomic mass is 35.5. The van der Waals surface area contributed by atoms with Gasteiger partial charge in [0, 0.05) is 12.4 Å². The third-order valence-electron chi connectivity index (χ3n) is 5.29. The van der Waals surface area contributed by atoms with Crippen molar-refractivity contribution in [1.29, 1.82) is 0 Å². The molecule has 1 aromatic heterocycles. The number of rotatable bonds is 7. The lowest BCUT2D eigenvalue weighted by Gasteiger charge is -2.18. The number of hydroxylamine groups is 1. The second-order valence-corrected chi connectivity index (χ2v) is 9.96. The summed E-state index contributed by atoms with van der Waals surface area (Å²) >= 11 is 6.34. The SMILES string of the molecule is CC[C@@H](NC(=O)c1cc2c(Cl)cc(C)cc2n1C)c1ccc(S(=O)(=O)CC(=O)NO)cc1. The molecule has 8 nitrogen and oxygen atoms in total. The first kappa shape index (κ1) is 23.8. The van der Waals surface area contributed by atoms with Crippen LogP contribution in [0.1, 0.15) is 41.0 Å². The van der Waals surface area contributed by atoms with Gasteiger partial charge in [0.25, 0.3) is 11.8 Å². The van der Waals surface area contributed by atoms with E-state index in [0.29, 0.717) is 17.1 Å². The highest BCUT2D eigenvalue weighted by molar-refractivity contribution is 7.92. The van der Waals surface area contributed by atoms with Crippen LogP contribution in [0.5, 0.6) is 0 Å². The molecule has 0 spiro atoms. The second-order valence-electron chi connectivity index (χ2n) is 7.57. The average molecular weight is 478 g/mol. The van der Waals surface area contributed by atoms with Crippen LogP contribution in [0.4, 0.5) is 0 Å². The Morgan fingerprint density at radius 1 is 1.16 bits per heavy atom. The van der Waals surface area contributed by atoms with Gasteiger partial charge in [-0.05, 0) is 54.8 Å². The predicted octanol–water partition coefficient (Wildman–Crippen LogP) is 3.30. The number of amides is 2. The van der Waals surface area contributed by atoms with Gasteiger partial charge in [0.1, 0.15) is 11.4 Å². The van der Waals surface area contributed by atoms with E-state index in [4.69, 9.17) is 16.8 Å². The molecular formula is C22H24ClN3O5S. The van der Waals surface area contributed by atoms with E-state index >= 15 is 0 Å². The first-order valence-electron chi connectivity index (χ1n) is 9.89. The topological polar surface area (TPSA) is 118 Å². The molecule has 0 aliphatic rings. The van der Waals surface area contributed by atoms with E-state index in [1.165, 1.54) is 17.6 Å². The molecule has 0 bridgehead atoms. The summed E-state index contributed by atoms with van der Waals surface area (Å²) in [6, 6.07) is 11.2. The molecule has 0 radical (unpaired) electrons. The Bertz CT molecular complexity index is 1280. The van der Waals surface area contributed by atoms with E-state index in [1.54, 1.807) is 29.8 Å². The standard InChI is InChI=1S/C22H24ClN3O5S/c1-4-18(14-5-7-15(8-6-14)32(30,31)12-21(27)25-29)24-22(28)20-11-16-17(23)9-13(2)10-19(16)26(20)3/h5-11,18,29H,4,12H2,1-3H3,(H,24,28)(H,25,27)/t18-/m1/s1. The molecule has 1 heterocycles. The van der Waals surface area contributed by atoms with Crippen molar-refractivity contribution in [3.8, 4) is 0 Å². The number of carbonyl (C=O) groups excluding carboxylic acids is 2. The number of fused-ring (bicyclic) bond motifs is 1. The summed E-state index contributed by atoms with van der Waals surface area (Å²) in [6.45, 7) is 3.84. The van der Waals surface area contributed by atoms with Crippen molar-refractivity contribution in [3.05, 3.63) is 64.3 Å². The number of sulfone groups is 1. The number of halogens is 1. The van der Waals surface area contributed by atoms with E-state index in [-0.39, 0.29) is 16.8 Å². The van der Waals surface area contributed by atoms with Crippen molar-refractivity contribution in [2.24, 2.45) is 7.05 Å². The largest absolute Gasteiger partial charge is 0.344 e. The van der Waals surface area contributed by atoms with Crippen molar-refractivity contribution < 1.29 is 23.2 Å². The minimum atomic E-state index is -3.89. The van der Waals surface area contributed by atoms with Crippen molar-refractivity contribution in [2.45, 2.75) is 31.2 Å². The minimum absolute atomic E-state index is 0.0512. The van der Waals surface area contributed by atoms with E-state index < -0.39 is 21.5 Å². The predicted molar refractivity (Wildman–Crippen MR) is 122 cm³/mol. The van der Waals surface area contributed by atoms with Gasteiger partial charge in [0.15, 0.2) is 9.84 Å². The van der Waals surface area contributed by atoms with Gasteiger partial charge in [-0.15, -0.1) is 0 Å². The van der Waals surface area contributed by atoms with Crippen LogP contribution in [0.2, 0.25) is 5.02 Å². The summed E-state index contributed by atoms with van der Waals surface area (Å²) in [5.41, 5.74) is 4.34. The molecule has 0 saturated heterocycles. The molecule has 3 rings (SSSR count). The third kappa shape index (κ3) is 4.79. The lowest BCUT2D eigenvalue weighted by Crippen LogP contribution is -2.29. The van der Waals surface area contributed by atoms with Crippen LogP contribution in [0.15, 0.2) is 47.4 Å². The first-order valence-corrected chi connectivity index (χ1v) is 11.9. The van der Waals surface area contributed by atoms with Crippen LogP contribution in [-0.2, 0) is 21.7 Å². The molecule has 2 aromatic carbocycles. The van der Waals surface area contributed by atoms with Gasteiger partial charge >= 0.3 is 0 Å². The van der Waals surface area contributed by atoms with Crippen molar-refractivity contribution in [2.75, 3.05) is 5.75 Å². The maximum Gasteiger partial charge on any atom is 0.268 e. The molecular weight excluding hydrogens is 454 g/mol. The minimum Gasteiger partial charge on any atom is -0.344 e. The Morgan fingerprint density at radius 3 is 2.41 bits per heavy atom. The maximum absolute atomic E-state index is 13.0. The number of hydrogen-bond donors (Lipinski definition) is 3. The quantitative estimate of drug-likeness (QED) is 0.356. The van der Waals surface area contributed by atoms with Gasteiger partial charge < -0.3 is 9.88 Å². The number of benzene rings is 2. The van der Waals surface area contributed by atoms with Crippen LogP contribution in [0.3, 0.4) is 0 Å². The zero-order valence-corrected chi connectivity index (χ0v) is 19.4. The molecule has 10 heteroatoms. The molecule has 3 aromatic rings. The number of aryl methyl sites for hydroxylation is 2. The van der Waals surface area contributed by atoms with Gasteiger partial charge in [0.2, 0.25) is 0 Å². The van der Waals surface area contributed by atoms with Crippen LogP contribution in [0, 0.1) is 6.92 Å². The lowest BCUT2D eigenvalue weighted by atomic mass is 10.0. The summed E-state index contributed by atoms with van der Waals surface area (Å²) in [7, 11) is -2.09. The highest BCUT2D eigenvalue weighted by Gasteiger charge is 2.22. The zero-order chi connectivity index (χ0) is 23.6. The fourth-order valence-electron chi connectivity index (χ4n) is 3.59. The summed E-state index contributed by atoms with van der Waals surface area (Å²) in [4.78, 5) is 24.2. The molecule has 2 amide bonds. The third-order valence-corrected chi connectivity index (χ3v) is 7.23. The van der Waals surface area contributed by atoms with Crippen molar-refractivity contribution in [3.63, 3.8) is 0 Å². The first-order chi connectivity index (χ1) is 15.1. The molecule has 32 heavy (non-hydrogen) atoms. The Balaban J connectivity index is 1.83. The van der Waals surface area contributed by atoms with Gasteiger partial charge in [0.05, 0.1) is 21.5 Å². The fraction of sp³-hybridized carbons (Fsp3) is 0.273. The Hall–Kier alpha value is -2.88. The molecule has 0 unspecified atom stereocenters. The molecule has 1 atom stereocenters. The number of carbonyl (C=O) groups is 2. The fourth-order valence-corrected chi connectivity index (χ4v) is 5.04. The van der Waals surface area contributed by atoms with Crippen molar-refractivity contribution >= 4 is 44.2 Å². The molecule has 0 fully saturated rings. The van der Waals surface area contributed by atoms with Crippen LogP contribution >= 0.6 is 11.6 Å². The van der Waals surface area contributed by atoms with Crippen LogP contribution in [-0.4, -0.2) is 35.8 Å². The molecule has 0 saturated carbocycles. The van der Waals surface area contributed by atoms with Gasteiger partial charge in [-0.2, -0.15) is 0 Å². The number of hydrogen-bond acceptors (Lipinski definition) is 5. The van der Waals surface area contributed by atoms with Gasteiger partial charge in [-0.1, -0.05) is 30.7 Å². The van der Waals surface area contributed by atoms with E-state index in [0.717, 1.165) is 22.0 Å². The van der Waals surface area contributed by atoms with Crippen LogP contribution < -0.4 is 10.8 Å².